The van der Waals surface area contributed by atoms with Gasteiger partial charge in [0.25, 0.3) is 6.71 Å². The van der Waals surface area contributed by atoms with Gasteiger partial charge in [0.2, 0.25) is 0 Å². The summed E-state index contributed by atoms with van der Waals surface area (Å²) in [5.41, 5.74) is 18.5. The van der Waals surface area contributed by atoms with Gasteiger partial charge in [0.1, 0.15) is 26.4 Å². The number of fused-ring (bicyclic) bond motifs is 8. The lowest BCUT2D eigenvalue weighted by Crippen LogP contribution is -2.61. The highest BCUT2D eigenvalue weighted by molar-refractivity contribution is 7.26. The van der Waals surface area contributed by atoms with Crippen LogP contribution < -0.4 is 45.1 Å². The van der Waals surface area contributed by atoms with Gasteiger partial charge in [0.05, 0.1) is 16.4 Å². The van der Waals surface area contributed by atoms with E-state index in [4.69, 9.17) is 18.9 Å². The van der Waals surface area contributed by atoms with Gasteiger partial charge in [0, 0.05) is 33.4 Å². The van der Waals surface area contributed by atoms with Crippen LogP contribution in [0.3, 0.4) is 0 Å². The highest BCUT2D eigenvalue weighted by Gasteiger charge is 2.47. The zero-order valence-electron chi connectivity index (χ0n) is 36.7. The van der Waals surface area contributed by atoms with Crippen molar-refractivity contribution in [3.05, 3.63) is 99.6 Å². The van der Waals surface area contributed by atoms with E-state index in [2.05, 4.69) is 154 Å². The number of aryl methyl sites for hydroxylation is 3. The van der Waals surface area contributed by atoms with Gasteiger partial charge in [-0.15, -0.1) is 11.3 Å². The number of hydrogen-bond acceptors (Lipinski definition) is 7. The molecule has 4 aliphatic heterocycles. The first-order valence-electron chi connectivity index (χ1n) is 21.3. The third kappa shape index (κ3) is 5.79. The minimum Gasteiger partial charge on any atom is -0.486 e. The number of benzene rings is 5. The fourth-order valence-corrected chi connectivity index (χ4v) is 11.2. The Morgan fingerprint density at radius 1 is 0.593 bits per heavy atom. The van der Waals surface area contributed by atoms with E-state index in [0.717, 1.165) is 45.5 Å². The molecule has 6 nitrogen and oxygen atoms in total. The number of hydrogen-bond donors (Lipinski definition) is 0. The molecule has 0 bridgehead atoms. The fraction of sp³-hybridized carbons (Fsp3) is 0.373. The topological polar surface area (TPSA) is 43.4 Å². The van der Waals surface area contributed by atoms with Crippen molar-refractivity contribution in [1.29, 1.82) is 0 Å². The second-order valence-corrected chi connectivity index (χ2v) is 20.5. The summed E-state index contributed by atoms with van der Waals surface area (Å²) in [6.07, 6.45) is 0. The highest BCUT2D eigenvalue weighted by Crippen LogP contribution is 2.54. The first kappa shape index (κ1) is 38.1. The monoisotopic (exact) mass is 802 g/mol. The van der Waals surface area contributed by atoms with Crippen molar-refractivity contribution in [2.24, 2.45) is 0 Å². The van der Waals surface area contributed by atoms with Crippen LogP contribution in [0.4, 0.5) is 33.4 Å². The maximum absolute atomic E-state index is 6.43. The molecule has 302 valence electrons. The second kappa shape index (κ2) is 13.2. The summed E-state index contributed by atoms with van der Waals surface area (Å²) in [4.78, 5) is 5.15. The van der Waals surface area contributed by atoms with Gasteiger partial charge in [-0.2, -0.15) is 0 Å². The number of thiophene rings is 1. The average Bonchev–Trinajstić information content (AvgIpc) is 3.56. The third-order valence-corrected chi connectivity index (χ3v) is 14.1. The molecule has 0 amide bonds. The average molecular weight is 803 g/mol. The summed E-state index contributed by atoms with van der Waals surface area (Å²) in [7, 11) is 0. The molecule has 8 heteroatoms. The van der Waals surface area contributed by atoms with Crippen LogP contribution in [0.25, 0.3) is 10.1 Å². The van der Waals surface area contributed by atoms with Crippen LogP contribution in [-0.4, -0.2) is 33.1 Å². The van der Waals surface area contributed by atoms with Crippen molar-refractivity contribution in [1.82, 2.24) is 0 Å². The lowest BCUT2D eigenvalue weighted by Gasteiger charge is -2.45. The summed E-state index contributed by atoms with van der Waals surface area (Å²) in [5.74, 6) is 3.56. The zero-order valence-corrected chi connectivity index (χ0v) is 37.5. The molecule has 4 aliphatic rings. The second-order valence-electron chi connectivity index (χ2n) is 19.5. The van der Waals surface area contributed by atoms with Gasteiger partial charge in [0.15, 0.2) is 23.0 Å². The van der Waals surface area contributed by atoms with Crippen molar-refractivity contribution in [3.8, 4) is 23.0 Å². The summed E-state index contributed by atoms with van der Waals surface area (Å²) in [6.45, 7) is 29.6. The summed E-state index contributed by atoms with van der Waals surface area (Å²) in [5, 5.41) is 2.55. The van der Waals surface area contributed by atoms with Gasteiger partial charge in [-0.3, -0.25) is 0 Å². The van der Waals surface area contributed by atoms with Gasteiger partial charge in [-0.1, -0.05) is 79.7 Å². The molecule has 0 radical (unpaired) electrons. The normalized spacial score (nSPS) is 15.4. The van der Waals surface area contributed by atoms with Crippen molar-refractivity contribution >= 4 is 78.0 Å². The van der Waals surface area contributed by atoms with E-state index in [9.17, 15) is 0 Å². The quantitative estimate of drug-likeness (QED) is 0.166. The lowest BCUT2D eigenvalue weighted by atomic mass is 9.33. The Morgan fingerprint density at radius 2 is 1.19 bits per heavy atom. The molecule has 0 spiro atoms. The number of ether oxygens (including phenoxy) is 4. The number of anilines is 6. The molecule has 5 aromatic carbocycles. The molecule has 0 fully saturated rings. The van der Waals surface area contributed by atoms with E-state index in [1.807, 2.05) is 11.3 Å². The summed E-state index contributed by atoms with van der Waals surface area (Å²) >= 11 is 1.90. The predicted octanol–water partition coefficient (Wildman–Crippen LogP) is 11.5. The minimum absolute atomic E-state index is 0.0160. The Balaban J connectivity index is 1.37. The summed E-state index contributed by atoms with van der Waals surface area (Å²) in [6, 6.07) is 23.7. The molecule has 0 unspecified atom stereocenters. The molecule has 10 rings (SSSR count). The largest absolute Gasteiger partial charge is 0.486 e. The Kier molecular flexibility index (Phi) is 8.54. The van der Waals surface area contributed by atoms with Crippen LogP contribution in [0.2, 0.25) is 0 Å². The molecule has 0 saturated heterocycles. The Labute approximate surface area is 354 Å². The van der Waals surface area contributed by atoms with E-state index < -0.39 is 0 Å². The molecule has 0 aliphatic carbocycles. The van der Waals surface area contributed by atoms with Gasteiger partial charge in [-0.05, 0) is 130 Å². The van der Waals surface area contributed by atoms with Crippen LogP contribution in [0.5, 0.6) is 23.0 Å². The van der Waals surface area contributed by atoms with E-state index >= 15 is 0 Å². The Bertz CT molecular complexity index is 2730. The van der Waals surface area contributed by atoms with E-state index in [1.165, 1.54) is 76.4 Å². The molecule has 5 heterocycles. The van der Waals surface area contributed by atoms with Crippen molar-refractivity contribution < 1.29 is 18.9 Å². The standard InChI is InChI=1S/C51H55BN2O4S/c1-27(2)32-22-38-45-39(23-32)54(47-30(5)21-42-48(31(47)6)58-18-17-57-42)49-44(35-24-33(50(7,8)9)13-14-43(35)59-49)52(45)36-25-40-41(56-16-15-55-40)26-37(36)53(38)46-28(3)19-34(20-29(46)4)51(10,11)12/h13-14,19-27H,15-18H2,1-12H3. The van der Waals surface area contributed by atoms with E-state index in [1.54, 1.807) is 0 Å². The first-order chi connectivity index (χ1) is 28.0. The number of nitrogens with zero attached hydrogens (tertiary/aromatic N) is 2. The molecule has 0 atom stereocenters. The third-order valence-electron chi connectivity index (χ3n) is 12.9. The Morgan fingerprint density at radius 3 is 1.83 bits per heavy atom. The van der Waals surface area contributed by atoms with Crippen LogP contribution >= 0.6 is 11.3 Å². The van der Waals surface area contributed by atoms with Gasteiger partial charge in [-0.25, -0.2) is 0 Å². The SMILES string of the molecule is Cc1cc(C(C)(C)C)cc(C)c1N1c2cc3c(cc2B2c4c1cc(C(C)C)cc4N(c1c(C)cc4c(c1C)OCCO4)c1sc4ccc(C(C)(C)C)cc4c12)OCCO3. The molecule has 0 N–H and O–H groups in total. The maximum atomic E-state index is 6.43. The van der Waals surface area contributed by atoms with Crippen LogP contribution in [0, 0.1) is 27.7 Å². The van der Waals surface area contributed by atoms with E-state index in [0.29, 0.717) is 26.4 Å². The highest BCUT2D eigenvalue weighted by atomic mass is 32.1. The molecular formula is C51H55BN2O4S. The van der Waals surface area contributed by atoms with Crippen molar-refractivity contribution in [2.75, 3.05) is 36.2 Å². The van der Waals surface area contributed by atoms with Crippen molar-refractivity contribution in [3.63, 3.8) is 0 Å². The Hall–Kier alpha value is -5.08. The zero-order chi connectivity index (χ0) is 41.4. The van der Waals surface area contributed by atoms with Crippen LogP contribution in [-0.2, 0) is 10.8 Å². The predicted molar refractivity (Wildman–Crippen MR) is 248 cm³/mol. The molecule has 6 aromatic rings. The molecular weight excluding hydrogens is 747 g/mol. The lowest BCUT2D eigenvalue weighted by molar-refractivity contribution is 0.170. The van der Waals surface area contributed by atoms with Crippen LogP contribution in [0.15, 0.2) is 60.7 Å². The van der Waals surface area contributed by atoms with E-state index in [-0.39, 0.29) is 23.5 Å². The molecule has 0 saturated carbocycles. The maximum Gasteiger partial charge on any atom is 0.254 e. The smallest absolute Gasteiger partial charge is 0.254 e. The fourth-order valence-electron chi connectivity index (χ4n) is 9.92. The van der Waals surface area contributed by atoms with Crippen LogP contribution in [0.1, 0.15) is 100 Å². The summed E-state index contributed by atoms with van der Waals surface area (Å²) < 4.78 is 26.7. The first-order valence-corrected chi connectivity index (χ1v) is 22.1. The number of rotatable bonds is 3. The van der Waals surface area contributed by atoms with Crippen molar-refractivity contribution in [2.45, 2.75) is 99.8 Å². The van der Waals surface area contributed by atoms with Gasteiger partial charge < -0.3 is 28.7 Å². The van der Waals surface area contributed by atoms with Gasteiger partial charge >= 0.3 is 0 Å². The molecule has 1 aromatic heterocycles. The minimum atomic E-state index is -0.0641. The molecule has 59 heavy (non-hydrogen) atoms.